The van der Waals surface area contributed by atoms with Crippen molar-refractivity contribution in [2.24, 2.45) is 5.73 Å². The number of ether oxygens (including phenoxy) is 2. The fourth-order valence-corrected chi connectivity index (χ4v) is 1.63. The predicted octanol–water partition coefficient (Wildman–Crippen LogP) is -0.108. The highest BCUT2D eigenvalue weighted by atomic mass is 16.5. The minimum absolute atomic E-state index is 0.252. The number of hydrogen-bond donors (Lipinski definition) is 2. The Bertz CT molecular complexity index is 154. The van der Waals surface area contributed by atoms with Gasteiger partial charge >= 0.3 is 0 Å². The van der Waals surface area contributed by atoms with Crippen LogP contribution in [0.2, 0.25) is 0 Å². The van der Waals surface area contributed by atoms with Crippen molar-refractivity contribution in [1.82, 2.24) is 0 Å². The quantitative estimate of drug-likeness (QED) is 0.606. The van der Waals surface area contributed by atoms with Gasteiger partial charge in [-0.1, -0.05) is 0 Å². The van der Waals surface area contributed by atoms with Crippen LogP contribution in [0.1, 0.15) is 19.3 Å². The zero-order valence-electron chi connectivity index (χ0n) is 8.16. The summed E-state index contributed by atoms with van der Waals surface area (Å²) in [7, 11) is 1.66. The summed E-state index contributed by atoms with van der Waals surface area (Å²) < 4.78 is 10.1. The molecule has 0 bridgehead atoms. The third kappa shape index (κ3) is 2.91. The maximum Gasteiger partial charge on any atom is 0.0843 e. The van der Waals surface area contributed by atoms with Crippen molar-refractivity contribution in [3.8, 4) is 0 Å². The van der Waals surface area contributed by atoms with Crippen LogP contribution in [0.25, 0.3) is 0 Å². The molecule has 0 amide bonds. The van der Waals surface area contributed by atoms with E-state index in [1.54, 1.807) is 7.11 Å². The van der Waals surface area contributed by atoms with Gasteiger partial charge in [0.15, 0.2) is 0 Å². The van der Waals surface area contributed by atoms with Gasteiger partial charge in [-0.15, -0.1) is 0 Å². The van der Waals surface area contributed by atoms with Crippen molar-refractivity contribution < 1.29 is 14.6 Å². The van der Waals surface area contributed by atoms with Gasteiger partial charge in [-0.05, 0) is 12.8 Å². The molecule has 4 heteroatoms. The van der Waals surface area contributed by atoms with E-state index in [-0.39, 0.29) is 6.04 Å². The lowest BCUT2D eigenvalue weighted by atomic mass is 9.86. The molecule has 4 nitrogen and oxygen atoms in total. The van der Waals surface area contributed by atoms with E-state index in [0.717, 1.165) is 6.42 Å². The molecule has 0 aromatic carbocycles. The van der Waals surface area contributed by atoms with E-state index in [0.29, 0.717) is 32.7 Å². The smallest absolute Gasteiger partial charge is 0.0843 e. The molecule has 0 radical (unpaired) electrons. The highest BCUT2D eigenvalue weighted by Gasteiger charge is 2.36. The lowest BCUT2D eigenvalue weighted by Crippen LogP contribution is -2.54. The zero-order valence-corrected chi connectivity index (χ0v) is 8.16. The van der Waals surface area contributed by atoms with E-state index in [2.05, 4.69) is 0 Å². The minimum Gasteiger partial charge on any atom is -0.388 e. The summed E-state index contributed by atoms with van der Waals surface area (Å²) in [5.41, 5.74) is 5.04. The molecule has 0 aromatic rings. The summed E-state index contributed by atoms with van der Waals surface area (Å²) in [5.74, 6) is 0. The topological polar surface area (TPSA) is 64.7 Å². The molecule has 2 atom stereocenters. The fourth-order valence-electron chi connectivity index (χ4n) is 1.63. The average molecular weight is 189 g/mol. The Kier molecular flexibility index (Phi) is 4.12. The molecule has 0 aromatic heterocycles. The molecule has 1 rings (SSSR count). The number of aliphatic hydroxyl groups is 1. The number of nitrogens with two attached hydrogens (primary N) is 1. The van der Waals surface area contributed by atoms with Crippen LogP contribution in [-0.4, -0.2) is 43.7 Å². The Hall–Kier alpha value is -0.160. The molecule has 78 valence electrons. The van der Waals surface area contributed by atoms with Crippen LogP contribution < -0.4 is 5.73 Å². The number of hydrogen-bond acceptors (Lipinski definition) is 4. The van der Waals surface area contributed by atoms with Gasteiger partial charge in [-0.25, -0.2) is 0 Å². The molecule has 0 saturated carbocycles. The summed E-state index contributed by atoms with van der Waals surface area (Å²) in [6.45, 7) is 1.75. The Morgan fingerprint density at radius 2 is 2.46 bits per heavy atom. The van der Waals surface area contributed by atoms with E-state index >= 15 is 0 Å². The van der Waals surface area contributed by atoms with Crippen LogP contribution in [0.15, 0.2) is 0 Å². The largest absolute Gasteiger partial charge is 0.388 e. The Morgan fingerprint density at radius 1 is 1.69 bits per heavy atom. The van der Waals surface area contributed by atoms with Crippen LogP contribution in [0.3, 0.4) is 0 Å². The highest BCUT2D eigenvalue weighted by Crippen LogP contribution is 2.24. The molecule has 1 heterocycles. The Labute approximate surface area is 79.0 Å². The van der Waals surface area contributed by atoms with E-state index in [9.17, 15) is 5.11 Å². The molecule has 1 aliphatic heterocycles. The maximum atomic E-state index is 10.1. The van der Waals surface area contributed by atoms with Gasteiger partial charge in [0, 0.05) is 26.7 Å². The minimum atomic E-state index is -0.739. The van der Waals surface area contributed by atoms with E-state index in [4.69, 9.17) is 15.2 Å². The first-order chi connectivity index (χ1) is 6.19. The lowest BCUT2D eigenvalue weighted by molar-refractivity contribution is -0.0871. The SMILES string of the molecule is COCCCC1(O)CCOCC1N. The molecule has 0 aliphatic carbocycles. The standard InChI is InChI=1S/C9H19NO3/c1-12-5-2-3-9(11)4-6-13-7-8(9)10/h8,11H,2-7,10H2,1H3. The summed E-state index contributed by atoms with van der Waals surface area (Å²) in [5, 5.41) is 10.1. The molecule has 1 saturated heterocycles. The van der Waals surface area contributed by atoms with Crippen molar-refractivity contribution in [1.29, 1.82) is 0 Å². The van der Waals surface area contributed by atoms with Gasteiger partial charge in [0.25, 0.3) is 0 Å². The summed E-state index contributed by atoms with van der Waals surface area (Å²) in [6, 6.07) is -0.252. The van der Waals surface area contributed by atoms with Crippen LogP contribution in [-0.2, 0) is 9.47 Å². The molecule has 1 aliphatic rings. The maximum absolute atomic E-state index is 10.1. The van der Waals surface area contributed by atoms with E-state index in [1.807, 2.05) is 0 Å². The van der Waals surface area contributed by atoms with Crippen molar-refractivity contribution in [2.45, 2.75) is 30.9 Å². The first-order valence-electron chi connectivity index (χ1n) is 4.74. The van der Waals surface area contributed by atoms with Crippen molar-refractivity contribution in [3.05, 3.63) is 0 Å². The third-order valence-corrected chi connectivity index (χ3v) is 2.63. The summed E-state index contributed by atoms with van der Waals surface area (Å²) >= 11 is 0. The number of methoxy groups -OCH3 is 1. The average Bonchev–Trinajstić information content (AvgIpc) is 2.11. The summed E-state index contributed by atoms with van der Waals surface area (Å²) in [6.07, 6.45) is 2.18. The molecule has 13 heavy (non-hydrogen) atoms. The van der Waals surface area contributed by atoms with Crippen LogP contribution >= 0.6 is 0 Å². The van der Waals surface area contributed by atoms with E-state index in [1.165, 1.54) is 0 Å². The normalized spacial score (nSPS) is 34.8. The Morgan fingerprint density at radius 3 is 3.08 bits per heavy atom. The van der Waals surface area contributed by atoms with Crippen LogP contribution in [0, 0.1) is 0 Å². The van der Waals surface area contributed by atoms with Gasteiger partial charge in [0.05, 0.1) is 18.2 Å². The molecule has 0 spiro atoms. The second-order valence-electron chi connectivity index (χ2n) is 3.63. The molecule has 2 unspecified atom stereocenters. The van der Waals surface area contributed by atoms with Crippen molar-refractivity contribution in [3.63, 3.8) is 0 Å². The fraction of sp³-hybridized carbons (Fsp3) is 1.00. The number of rotatable bonds is 4. The third-order valence-electron chi connectivity index (χ3n) is 2.63. The van der Waals surface area contributed by atoms with Gasteiger partial charge < -0.3 is 20.3 Å². The monoisotopic (exact) mass is 189 g/mol. The second-order valence-corrected chi connectivity index (χ2v) is 3.63. The van der Waals surface area contributed by atoms with Gasteiger partial charge in [0.2, 0.25) is 0 Å². The molecule has 3 N–H and O–H groups in total. The molecule has 1 fully saturated rings. The van der Waals surface area contributed by atoms with Crippen molar-refractivity contribution in [2.75, 3.05) is 26.9 Å². The lowest BCUT2D eigenvalue weighted by Gasteiger charge is -2.37. The zero-order chi connectivity index (χ0) is 9.73. The van der Waals surface area contributed by atoms with Crippen LogP contribution in [0.5, 0.6) is 0 Å². The summed E-state index contributed by atoms with van der Waals surface area (Å²) in [4.78, 5) is 0. The second kappa shape index (κ2) is 4.91. The molecular formula is C9H19NO3. The first-order valence-corrected chi connectivity index (χ1v) is 4.74. The van der Waals surface area contributed by atoms with Crippen molar-refractivity contribution >= 4 is 0 Å². The van der Waals surface area contributed by atoms with Gasteiger partial charge in [-0.3, -0.25) is 0 Å². The van der Waals surface area contributed by atoms with Gasteiger partial charge in [0.1, 0.15) is 0 Å². The predicted molar refractivity (Wildman–Crippen MR) is 49.5 cm³/mol. The Balaban J connectivity index is 2.33. The molecular weight excluding hydrogens is 170 g/mol. The highest BCUT2D eigenvalue weighted by molar-refractivity contribution is 4.91. The van der Waals surface area contributed by atoms with Gasteiger partial charge in [-0.2, -0.15) is 0 Å². The first kappa shape index (κ1) is 10.9. The van der Waals surface area contributed by atoms with E-state index < -0.39 is 5.60 Å². The van der Waals surface area contributed by atoms with Crippen LogP contribution in [0.4, 0.5) is 0 Å².